The predicted octanol–water partition coefficient (Wildman–Crippen LogP) is 3.25. The van der Waals surface area contributed by atoms with E-state index in [9.17, 15) is 4.79 Å². The van der Waals surface area contributed by atoms with Crippen molar-refractivity contribution in [1.29, 1.82) is 0 Å². The van der Waals surface area contributed by atoms with Gasteiger partial charge in [-0.3, -0.25) is 4.79 Å². The molecule has 0 amide bonds. The van der Waals surface area contributed by atoms with E-state index in [0.29, 0.717) is 18.0 Å². The zero-order chi connectivity index (χ0) is 11.1. The van der Waals surface area contributed by atoms with Crippen molar-refractivity contribution in [3.8, 4) is 0 Å². The summed E-state index contributed by atoms with van der Waals surface area (Å²) in [5, 5.41) is 0. The Morgan fingerprint density at radius 2 is 2.07 bits per heavy atom. The van der Waals surface area contributed by atoms with Crippen LogP contribution in [0.15, 0.2) is 24.3 Å². The van der Waals surface area contributed by atoms with Crippen molar-refractivity contribution in [2.45, 2.75) is 26.7 Å². The highest BCUT2D eigenvalue weighted by Crippen LogP contribution is 2.10. The van der Waals surface area contributed by atoms with E-state index >= 15 is 0 Å². The minimum Gasteiger partial charge on any atom is -0.298 e. The van der Waals surface area contributed by atoms with Crippen LogP contribution >= 0.6 is 11.8 Å². The molecule has 0 spiro atoms. The van der Waals surface area contributed by atoms with Crippen molar-refractivity contribution in [3.63, 3.8) is 0 Å². The van der Waals surface area contributed by atoms with Gasteiger partial charge in [-0.15, -0.1) is 0 Å². The molecule has 0 heterocycles. The van der Waals surface area contributed by atoms with E-state index in [2.05, 4.69) is 19.9 Å². The number of thioether (sulfide) groups is 1. The predicted molar refractivity (Wildman–Crippen MR) is 67.5 cm³/mol. The van der Waals surface area contributed by atoms with E-state index in [0.717, 1.165) is 12.2 Å². The van der Waals surface area contributed by atoms with E-state index in [1.807, 2.05) is 18.2 Å². The maximum Gasteiger partial charge on any atom is 0.147 e. The molecule has 0 aliphatic rings. The van der Waals surface area contributed by atoms with Crippen LogP contribution in [0.1, 0.15) is 24.5 Å². The third-order valence-electron chi connectivity index (χ3n) is 2.26. The van der Waals surface area contributed by atoms with Gasteiger partial charge >= 0.3 is 0 Å². The highest BCUT2D eigenvalue weighted by molar-refractivity contribution is 7.99. The molecule has 15 heavy (non-hydrogen) atoms. The third kappa shape index (κ3) is 4.52. The van der Waals surface area contributed by atoms with Gasteiger partial charge in [0.05, 0.1) is 5.75 Å². The zero-order valence-electron chi connectivity index (χ0n) is 9.45. The summed E-state index contributed by atoms with van der Waals surface area (Å²) in [6.45, 7) is 4.20. The molecule has 0 radical (unpaired) electrons. The maximum atomic E-state index is 11.6. The number of benzene rings is 1. The van der Waals surface area contributed by atoms with Crippen LogP contribution in [0.4, 0.5) is 0 Å². The number of hydrogen-bond acceptors (Lipinski definition) is 2. The monoisotopic (exact) mass is 222 g/mol. The van der Waals surface area contributed by atoms with Gasteiger partial charge in [0.2, 0.25) is 0 Å². The topological polar surface area (TPSA) is 17.1 Å². The van der Waals surface area contributed by atoms with E-state index in [4.69, 9.17) is 0 Å². The maximum absolute atomic E-state index is 11.6. The summed E-state index contributed by atoms with van der Waals surface area (Å²) in [6, 6.07) is 8.10. The molecule has 1 nitrogen and oxygen atoms in total. The Morgan fingerprint density at radius 1 is 1.33 bits per heavy atom. The summed E-state index contributed by atoms with van der Waals surface area (Å²) in [5.41, 5.74) is 2.38. The first-order chi connectivity index (χ1) is 7.24. The zero-order valence-corrected chi connectivity index (χ0v) is 10.3. The molecule has 0 aliphatic heterocycles. The highest BCUT2D eigenvalue weighted by Gasteiger charge is 2.05. The summed E-state index contributed by atoms with van der Waals surface area (Å²) >= 11 is 1.74. The quantitative estimate of drug-likeness (QED) is 0.687. The van der Waals surface area contributed by atoms with Crippen LogP contribution in [0.2, 0.25) is 0 Å². The Morgan fingerprint density at radius 3 is 2.73 bits per heavy atom. The molecule has 0 atom stereocenters. The summed E-state index contributed by atoms with van der Waals surface area (Å²) < 4.78 is 0. The molecule has 2 heteroatoms. The first-order valence-electron chi connectivity index (χ1n) is 5.38. The molecule has 0 fully saturated rings. The molecule has 0 aromatic heterocycles. The average Bonchev–Trinajstić information content (AvgIpc) is 2.22. The molecule has 1 rings (SSSR count). The summed E-state index contributed by atoms with van der Waals surface area (Å²) in [5.74, 6) is 2.07. The standard InChI is InChI=1S/C13H18OS/c1-3-8-15-10-13(14)9-12-7-5-4-6-11(12)2/h4-7H,3,8-10H2,1-2H3. The average molecular weight is 222 g/mol. The lowest BCUT2D eigenvalue weighted by Crippen LogP contribution is -2.07. The Kier molecular flexibility index (Phi) is 5.48. The molecule has 1 aromatic rings. The van der Waals surface area contributed by atoms with Gasteiger partial charge in [0.15, 0.2) is 0 Å². The molecule has 82 valence electrons. The normalized spacial score (nSPS) is 10.3. The second-order valence-corrected chi connectivity index (χ2v) is 4.80. The van der Waals surface area contributed by atoms with Gasteiger partial charge in [0.25, 0.3) is 0 Å². The molecule has 0 bridgehead atoms. The molecule has 0 saturated heterocycles. The number of carbonyl (C=O) groups excluding carboxylic acids is 1. The molecule has 0 unspecified atom stereocenters. The number of hydrogen-bond donors (Lipinski definition) is 0. The molecular formula is C13H18OS. The van der Waals surface area contributed by atoms with Crippen molar-refractivity contribution in [2.75, 3.05) is 11.5 Å². The van der Waals surface area contributed by atoms with Crippen molar-refractivity contribution < 1.29 is 4.79 Å². The SMILES string of the molecule is CCCSCC(=O)Cc1ccccc1C. The van der Waals surface area contributed by atoms with Gasteiger partial charge in [-0.1, -0.05) is 31.2 Å². The Hall–Kier alpha value is -0.760. The van der Waals surface area contributed by atoms with Gasteiger partial charge in [-0.05, 0) is 30.2 Å². The summed E-state index contributed by atoms with van der Waals surface area (Å²) in [6.07, 6.45) is 1.73. The lowest BCUT2D eigenvalue weighted by molar-refractivity contribution is -0.116. The summed E-state index contributed by atoms with van der Waals surface area (Å²) in [7, 11) is 0. The van der Waals surface area contributed by atoms with Crippen molar-refractivity contribution in [1.82, 2.24) is 0 Å². The van der Waals surface area contributed by atoms with Crippen LogP contribution in [0, 0.1) is 6.92 Å². The van der Waals surface area contributed by atoms with Crippen LogP contribution in [-0.4, -0.2) is 17.3 Å². The Bertz CT molecular complexity index is 320. The Balaban J connectivity index is 2.41. The number of Topliss-reactive ketones (excluding diaryl/α,β-unsaturated/α-hetero) is 1. The van der Waals surface area contributed by atoms with Crippen LogP contribution in [0.3, 0.4) is 0 Å². The van der Waals surface area contributed by atoms with Crippen molar-refractivity contribution in [3.05, 3.63) is 35.4 Å². The van der Waals surface area contributed by atoms with Gasteiger partial charge in [0, 0.05) is 6.42 Å². The number of rotatable bonds is 6. The smallest absolute Gasteiger partial charge is 0.147 e. The van der Waals surface area contributed by atoms with Crippen molar-refractivity contribution in [2.24, 2.45) is 0 Å². The molecular weight excluding hydrogens is 204 g/mol. The number of aryl methyl sites for hydroxylation is 1. The van der Waals surface area contributed by atoms with Crippen LogP contribution in [-0.2, 0) is 11.2 Å². The van der Waals surface area contributed by atoms with Gasteiger partial charge < -0.3 is 0 Å². The van der Waals surface area contributed by atoms with E-state index in [-0.39, 0.29) is 0 Å². The first kappa shape index (κ1) is 12.3. The first-order valence-corrected chi connectivity index (χ1v) is 6.53. The highest BCUT2D eigenvalue weighted by atomic mass is 32.2. The molecule has 0 saturated carbocycles. The fourth-order valence-electron chi connectivity index (χ4n) is 1.40. The lowest BCUT2D eigenvalue weighted by atomic mass is 10.0. The number of carbonyl (C=O) groups is 1. The van der Waals surface area contributed by atoms with E-state index < -0.39 is 0 Å². The second-order valence-electron chi connectivity index (χ2n) is 3.69. The lowest BCUT2D eigenvalue weighted by Gasteiger charge is -2.04. The number of ketones is 1. The molecule has 0 N–H and O–H groups in total. The third-order valence-corrected chi connectivity index (χ3v) is 3.48. The van der Waals surface area contributed by atoms with Crippen LogP contribution < -0.4 is 0 Å². The van der Waals surface area contributed by atoms with Gasteiger partial charge in [-0.2, -0.15) is 11.8 Å². The van der Waals surface area contributed by atoms with E-state index in [1.165, 1.54) is 11.1 Å². The summed E-state index contributed by atoms with van der Waals surface area (Å²) in [4.78, 5) is 11.6. The second kappa shape index (κ2) is 6.67. The van der Waals surface area contributed by atoms with Crippen molar-refractivity contribution >= 4 is 17.5 Å². The Labute approximate surface area is 96.3 Å². The largest absolute Gasteiger partial charge is 0.298 e. The minimum absolute atomic E-state index is 0.336. The fraction of sp³-hybridized carbons (Fsp3) is 0.462. The van der Waals surface area contributed by atoms with Gasteiger partial charge in [-0.25, -0.2) is 0 Å². The molecule has 1 aromatic carbocycles. The molecule has 0 aliphatic carbocycles. The van der Waals surface area contributed by atoms with Crippen LogP contribution in [0.5, 0.6) is 0 Å². The van der Waals surface area contributed by atoms with Crippen LogP contribution in [0.25, 0.3) is 0 Å². The minimum atomic E-state index is 0.336. The van der Waals surface area contributed by atoms with Gasteiger partial charge in [0.1, 0.15) is 5.78 Å². The van der Waals surface area contributed by atoms with E-state index in [1.54, 1.807) is 11.8 Å². The fourth-order valence-corrected chi connectivity index (χ4v) is 2.16.